The number of carbonyl (C=O) groups is 1. The van der Waals surface area contributed by atoms with Crippen LogP contribution in [0.1, 0.15) is 20.8 Å². The molecule has 0 saturated carbocycles. The molecule has 6 heteroatoms. The first-order chi connectivity index (χ1) is 9.35. The van der Waals surface area contributed by atoms with E-state index >= 15 is 0 Å². The zero-order valence-electron chi connectivity index (χ0n) is 12.2. The molecule has 0 aliphatic carbocycles. The van der Waals surface area contributed by atoms with Crippen LogP contribution in [-0.2, 0) is 4.79 Å². The molecule has 2 rings (SSSR count). The molecule has 0 atom stereocenters. The van der Waals surface area contributed by atoms with E-state index in [9.17, 15) is 4.79 Å². The standard InChI is InChI=1S/C14H19N5O/c1-14(2,3)18-12(20)9-19(4)11-6-5-10-13(17-11)16-8-7-15-10/h5-8H,9H2,1-4H3,(H,18,20). The molecule has 0 aliphatic heterocycles. The molecule has 2 heterocycles. The second kappa shape index (κ2) is 5.40. The Kier molecular flexibility index (Phi) is 3.83. The van der Waals surface area contributed by atoms with E-state index in [0.717, 1.165) is 5.52 Å². The highest BCUT2D eigenvalue weighted by atomic mass is 16.2. The molecule has 106 valence electrons. The Morgan fingerprint density at radius 3 is 2.65 bits per heavy atom. The van der Waals surface area contributed by atoms with Crippen LogP contribution in [0.25, 0.3) is 11.2 Å². The van der Waals surface area contributed by atoms with Gasteiger partial charge in [0.2, 0.25) is 5.91 Å². The molecule has 1 N–H and O–H groups in total. The third kappa shape index (κ3) is 3.63. The Hall–Kier alpha value is -2.24. The molecule has 0 radical (unpaired) electrons. The fourth-order valence-corrected chi connectivity index (χ4v) is 1.81. The number of aromatic nitrogens is 3. The molecule has 0 spiro atoms. The van der Waals surface area contributed by atoms with Crippen molar-refractivity contribution in [2.24, 2.45) is 0 Å². The summed E-state index contributed by atoms with van der Waals surface area (Å²) >= 11 is 0. The van der Waals surface area contributed by atoms with Crippen molar-refractivity contribution >= 4 is 22.9 Å². The van der Waals surface area contributed by atoms with Gasteiger partial charge in [-0.25, -0.2) is 9.97 Å². The Morgan fingerprint density at radius 1 is 1.25 bits per heavy atom. The zero-order chi connectivity index (χ0) is 14.8. The molecular formula is C14H19N5O. The third-order valence-electron chi connectivity index (χ3n) is 2.60. The summed E-state index contributed by atoms with van der Waals surface area (Å²) in [6.07, 6.45) is 3.23. The Bertz CT molecular complexity index is 620. The van der Waals surface area contributed by atoms with Crippen molar-refractivity contribution < 1.29 is 4.79 Å². The molecule has 1 amide bonds. The number of pyridine rings is 1. The van der Waals surface area contributed by atoms with Gasteiger partial charge in [0.15, 0.2) is 5.65 Å². The minimum absolute atomic E-state index is 0.0407. The molecule has 2 aromatic heterocycles. The Balaban J connectivity index is 2.11. The zero-order valence-corrected chi connectivity index (χ0v) is 12.2. The van der Waals surface area contributed by atoms with E-state index in [1.165, 1.54) is 0 Å². The monoisotopic (exact) mass is 273 g/mol. The molecular weight excluding hydrogens is 254 g/mol. The van der Waals surface area contributed by atoms with Gasteiger partial charge in [-0.1, -0.05) is 0 Å². The normalized spacial score (nSPS) is 11.4. The van der Waals surface area contributed by atoms with Crippen LogP contribution in [0.5, 0.6) is 0 Å². The highest BCUT2D eigenvalue weighted by Gasteiger charge is 2.16. The first-order valence-electron chi connectivity index (χ1n) is 6.45. The fourth-order valence-electron chi connectivity index (χ4n) is 1.81. The predicted octanol–water partition coefficient (Wildman–Crippen LogP) is 1.38. The molecule has 0 fully saturated rings. The van der Waals surface area contributed by atoms with Crippen molar-refractivity contribution in [1.82, 2.24) is 20.3 Å². The minimum Gasteiger partial charge on any atom is -0.350 e. The van der Waals surface area contributed by atoms with Gasteiger partial charge in [-0.05, 0) is 32.9 Å². The first-order valence-corrected chi connectivity index (χ1v) is 6.45. The van der Waals surface area contributed by atoms with E-state index in [2.05, 4.69) is 20.3 Å². The predicted molar refractivity (Wildman–Crippen MR) is 78.5 cm³/mol. The van der Waals surface area contributed by atoms with Gasteiger partial charge in [0.1, 0.15) is 11.3 Å². The maximum atomic E-state index is 11.9. The Morgan fingerprint density at radius 2 is 1.95 bits per heavy atom. The van der Waals surface area contributed by atoms with Crippen LogP contribution >= 0.6 is 0 Å². The summed E-state index contributed by atoms with van der Waals surface area (Å²) in [7, 11) is 1.83. The lowest BCUT2D eigenvalue weighted by Crippen LogP contribution is -2.45. The van der Waals surface area contributed by atoms with Crippen molar-refractivity contribution in [1.29, 1.82) is 0 Å². The van der Waals surface area contributed by atoms with Crippen molar-refractivity contribution in [3.8, 4) is 0 Å². The van der Waals surface area contributed by atoms with Gasteiger partial charge >= 0.3 is 0 Å². The molecule has 0 unspecified atom stereocenters. The first kappa shape index (κ1) is 14.2. The average molecular weight is 273 g/mol. The van der Waals surface area contributed by atoms with Crippen molar-refractivity contribution in [3.05, 3.63) is 24.5 Å². The number of amides is 1. The highest BCUT2D eigenvalue weighted by molar-refractivity contribution is 5.82. The minimum atomic E-state index is -0.236. The van der Waals surface area contributed by atoms with Gasteiger partial charge in [-0.2, -0.15) is 0 Å². The van der Waals surface area contributed by atoms with E-state index in [-0.39, 0.29) is 18.0 Å². The molecule has 0 aromatic carbocycles. The number of nitrogens with one attached hydrogen (secondary N) is 1. The molecule has 0 saturated heterocycles. The molecule has 20 heavy (non-hydrogen) atoms. The van der Waals surface area contributed by atoms with E-state index in [0.29, 0.717) is 11.5 Å². The van der Waals surface area contributed by atoms with Gasteiger partial charge < -0.3 is 10.2 Å². The summed E-state index contributed by atoms with van der Waals surface area (Å²) in [6, 6.07) is 3.68. The summed E-state index contributed by atoms with van der Waals surface area (Å²) in [6.45, 7) is 6.11. The summed E-state index contributed by atoms with van der Waals surface area (Å²) in [5, 5.41) is 2.92. The smallest absolute Gasteiger partial charge is 0.239 e. The number of fused-ring (bicyclic) bond motifs is 1. The summed E-state index contributed by atoms with van der Waals surface area (Å²) in [5.74, 6) is 0.656. The number of rotatable bonds is 3. The SMILES string of the molecule is CN(CC(=O)NC(C)(C)C)c1ccc2nccnc2n1. The fraction of sp³-hybridized carbons (Fsp3) is 0.429. The van der Waals surface area contributed by atoms with E-state index < -0.39 is 0 Å². The lowest BCUT2D eigenvalue weighted by atomic mass is 10.1. The summed E-state index contributed by atoms with van der Waals surface area (Å²) in [4.78, 5) is 26.4. The van der Waals surface area contributed by atoms with Gasteiger partial charge in [0.05, 0.1) is 6.54 Å². The third-order valence-corrected chi connectivity index (χ3v) is 2.60. The lowest BCUT2D eigenvalue weighted by molar-refractivity contribution is -0.121. The summed E-state index contributed by atoms with van der Waals surface area (Å²) < 4.78 is 0. The van der Waals surface area contributed by atoms with Crippen LogP contribution < -0.4 is 10.2 Å². The number of hydrogen-bond donors (Lipinski definition) is 1. The van der Waals surface area contributed by atoms with Gasteiger partial charge in [0.25, 0.3) is 0 Å². The number of anilines is 1. The van der Waals surface area contributed by atoms with Crippen molar-refractivity contribution in [3.63, 3.8) is 0 Å². The lowest BCUT2D eigenvalue weighted by Gasteiger charge is -2.23. The second-order valence-corrected chi connectivity index (χ2v) is 5.72. The largest absolute Gasteiger partial charge is 0.350 e. The quantitative estimate of drug-likeness (QED) is 0.914. The van der Waals surface area contributed by atoms with Crippen molar-refractivity contribution in [2.75, 3.05) is 18.5 Å². The topological polar surface area (TPSA) is 71.0 Å². The number of hydrogen-bond acceptors (Lipinski definition) is 5. The molecule has 6 nitrogen and oxygen atoms in total. The van der Waals surface area contributed by atoms with Gasteiger partial charge in [-0.15, -0.1) is 0 Å². The molecule has 0 bridgehead atoms. The number of likely N-dealkylation sites (N-methyl/N-ethyl adjacent to an activating group) is 1. The molecule has 0 aliphatic rings. The number of nitrogens with zero attached hydrogens (tertiary/aromatic N) is 4. The van der Waals surface area contributed by atoms with E-state index in [1.54, 1.807) is 17.3 Å². The van der Waals surface area contributed by atoms with Crippen molar-refractivity contribution in [2.45, 2.75) is 26.3 Å². The van der Waals surface area contributed by atoms with E-state index in [1.807, 2.05) is 40.0 Å². The average Bonchev–Trinajstić information content (AvgIpc) is 2.35. The number of carbonyl (C=O) groups excluding carboxylic acids is 1. The van der Waals surface area contributed by atoms with Crippen LogP contribution in [0.3, 0.4) is 0 Å². The maximum absolute atomic E-state index is 11.9. The highest BCUT2D eigenvalue weighted by Crippen LogP contribution is 2.13. The van der Waals surface area contributed by atoms with Crippen LogP contribution in [0, 0.1) is 0 Å². The summed E-state index contributed by atoms with van der Waals surface area (Å²) in [5.41, 5.74) is 1.08. The Labute approximate surface area is 118 Å². The van der Waals surface area contributed by atoms with Crippen LogP contribution in [0.4, 0.5) is 5.82 Å². The second-order valence-electron chi connectivity index (χ2n) is 5.72. The van der Waals surface area contributed by atoms with Crippen LogP contribution in [-0.4, -0.2) is 40.0 Å². The van der Waals surface area contributed by atoms with Gasteiger partial charge in [-0.3, -0.25) is 9.78 Å². The van der Waals surface area contributed by atoms with Crippen LogP contribution in [0.2, 0.25) is 0 Å². The van der Waals surface area contributed by atoms with E-state index in [4.69, 9.17) is 0 Å². The van der Waals surface area contributed by atoms with Gasteiger partial charge in [0, 0.05) is 25.0 Å². The maximum Gasteiger partial charge on any atom is 0.239 e. The molecule has 2 aromatic rings. The van der Waals surface area contributed by atoms with Crippen LogP contribution in [0.15, 0.2) is 24.5 Å².